The lowest BCUT2D eigenvalue weighted by Crippen LogP contribution is -2.48. The van der Waals surface area contributed by atoms with Crippen molar-refractivity contribution in [3.63, 3.8) is 0 Å². The quantitative estimate of drug-likeness (QED) is 0.700. The fourth-order valence-electron chi connectivity index (χ4n) is 3.02. The first-order chi connectivity index (χ1) is 13.2. The molecule has 4 rings (SSSR count). The zero-order valence-corrected chi connectivity index (χ0v) is 14.9. The average Bonchev–Trinajstić information content (AvgIpc) is 3.24. The number of rotatable bonds is 4. The van der Waals surface area contributed by atoms with Crippen LogP contribution in [-0.4, -0.2) is 59.2 Å². The van der Waals surface area contributed by atoms with Gasteiger partial charge in [-0.25, -0.2) is 0 Å². The van der Waals surface area contributed by atoms with Gasteiger partial charge in [-0.15, -0.1) is 0 Å². The Morgan fingerprint density at radius 2 is 1.74 bits per heavy atom. The fourth-order valence-corrected chi connectivity index (χ4v) is 3.02. The topological polar surface area (TPSA) is 84.6 Å². The van der Waals surface area contributed by atoms with Gasteiger partial charge >= 0.3 is 11.8 Å². The lowest BCUT2D eigenvalue weighted by atomic mass is 10.2. The first-order valence-corrected chi connectivity index (χ1v) is 8.67. The summed E-state index contributed by atoms with van der Waals surface area (Å²) in [5, 5.41) is 3.90. The highest BCUT2D eigenvalue weighted by Gasteiger charge is 2.26. The van der Waals surface area contributed by atoms with E-state index in [-0.39, 0.29) is 11.8 Å². The van der Waals surface area contributed by atoms with Gasteiger partial charge in [-0.3, -0.25) is 9.78 Å². The lowest BCUT2D eigenvalue weighted by Gasteiger charge is -2.35. The number of nitrogens with zero attached hydrogens (tertiary/aromatic N) is 5. The van der Waals surface area contributed by atoms with Gasteiger partial charge in [-0.2, -0.15) is 4.98 Å². The molecular formula is C19H19N5O3. The van der Waals surface area contributed by atoms with Crippen LogP contribution in [0.1, 0.15) is 10.7 Å². The molecule has 3 heterocycles. The van der Waals surface area contributed by atoms with Crippen LogP contribution in [-0.2, 0) is 0 Å². The molecule has 138 valence electrons. The molecule has 8 heteroatoms. The van der Waals surface area contributed by atoms with Crippen molar-refractivity contribution in [2.24, 2.45) is 0 Å². The Morgan fingerprint density at radius 1 is 1.04 bits per heavy atom. The minimum Gasteiger partial charge on any atom is -0.497 e. The monoisotopic (exact) mass is 365 g/mol. The molecule has 0 atom stereocenters. The Labute approximate surface area is 156 Å². The van der Waals surface area contributed by atoms with E-state index in [1.807, 2.05) is 24.3 Å². The summed E-state index contributed by atoms with van der Waals surface area (Å²) < 4.78 is 10.4. The fraction of sp³-hybridized carbons (Fsp3) is 0.263. The Hall–Kier alpha value is -3.42. The van der Waals surface area contributed by atoms with Crippen molar-refractivity contribution in [2.45, 2.75) is 0 Å². The second-order valence-electron chi connectivity index (χ2n) is 6.14. The van der Waals surface area contributed by atoms with Crippen LogP contribution in [0.3, 0.4) is 0 Å². The first-order valence-electron chi connectivity index (χ1n) is 8.67. The number of piperazine rings is 1. The largest absolute Gasteiger partial charge is 0.497 e. The number of hydrogen-bond donors (Lipinski definition) is 0. The molecule has 2 aromatic heterocycles. The number of aromatic nitrogens is 3. The number of ether oxygens (including phenoxy) is 1. The summed E-state index contributed by atoms with van der Waals surface area (Å²) in [6.07, 6.45) is 3.29. The molecule has 8 nitrogen and oxygen atoms in total. The Balaban J connectivity index is 1.39. The summed E-state index contributed by atoms with van der Waals surface area (Å²) in [7, 11) is 1.65. The van der Waals surface area contributed by atoms with E-state index in [4.69, 9.17) is 9.26 Å². The molecule has 0 unspecified atom stereocenters. The van der Waals surface area contributed by atoms with Gasteiger partial charge in [0.25, 0.3) is 0 Å². The SMILES string of the molecule is COc1ccc(N2CCN(C(=O)c3nc(-c4ccncc4)no3)CC2)cc1. The molecule has 1 aliphatic rings. The van der Waals surface area contributed by atoms with Crippen LogP contribution in [0.4, 0.5) is 5.69 Å². The van der Waals surface area contributed by atoms with Crippen molar-refractivity contribution >= 4 is 11.6 Å². The van der Waals surface area contributed by atoms with Gasteiger partial charge in [0.05, 0.1) is 7.11 Å². The Kier molecular flexibility index (Phi) is 4.69. The molecule has 1 saturated heterocycles. The molecule has 1 aliphatic heterocycles. The van der Waals surface area contributed by atoms with E-state index in [1.54, 1.807) is 36.5 Å². The van der Waals surface area contributed by atoms with E-state index in [9.17, 15) is 4.79 Å². The number of benzene rings is 1. The van der Waals surface area contributed by atoms with E-state index >= 15 is 0 Å². The highest BCUT2D eigenvalue weighted by molar-refractivity contribution is 5.90. The van der Waals surface area contributed by atoms with Crippen LogP contribution in [0.25, 0.3) is 11.4 Å². The summed E-state index contributed by atoms with van der Waals surface area (Å²) in [6, 6.07) is 11.5. The minimum absolute atomic E-state index is 0.0136. The number of pyridine rings is 1. The smallest absolute Gasteiger partial charge is 0.316 e. The summed E-state index contributed by atoms with van der Waals surface area (Å²) in [5.41, 5.74) is 1.87. The first kappa shape index (κ1) is 17.0. The van der Waals surface area contributed by atoms with E-state index in [2.05, 4.69) is 20.0 Å². The molecule has 1 fully saturated rings. The van der Waals surface area contributed by atoms with E-state index < -0.39 is 0 Å². The number of carbonyl (C=O) groups is 1. The van der Waals surface area contributed by atoms with Crippen LogP contribution in [0.2, 0.25) is 0 Å². The van der Waals surface area contributed by atoms with Crippen LogP contribution >= 0.6 is 0 Å². The van der Waals surface area contributed by atoms with Crippen molar-refractivity contribution in [2.75, 3.05) is 38.2 Å². The predicted molar refractivity (Wildman–Crippen MR) is 98.6 cm³/mol. The minimum atomic E-state index is -0.239. The molecule has 3 aromatic rings. The summed E-state index contributed by atoms with van der Waals surface area (Å²) in [4.78, 5) is 24.8. The highest BCUT2D eigenvalue weighted by atomic mass is 16.5. The summed E-state index contributed by atoms with van der Waals surface area (Å²) in [5.74, 6) is 0.989. The number of methoxy groups -OCH3 is 1. The number of amides is 1. The van der Waals surface area contributed by atoms with Gasteiger partial charge < -0.3 is 19.1 Å². The van der Waals surface area contributed by atoms with Crippen LogP contribution < -0.4 is 9.64 Å². The van der Waals surface area contributed by atoms with Gasteiger partial charge in [0.15, 0.2) is 0 Å². The molecule has 1 aromatic carbocycles. The molecule has 0 saturated carbocycles. The second kappa shape index (κ2) is 7.45. The van der Waals surface area contributed by atoms with Gasteiger partial charge in [0.1, 0.15) is 5.75 Å². The van der Waals surface area contributed by atoms with Crippen molar-refractivity contribution in [3.8, 4) is 17.1 Å². The van der Waals surface area contributed by atoms with Gasteiger partial charge in [0.2, 0.25) is 5.82 Å². The number of carbonyl (C=O) groups excluding carboxylic acids is 1. The summed E-state index contributed by atoms with van der Waals surface area (Å²) >= 11 is 0. The summed E-state index contributed by atoms with van der Waals surface area (Å²) in [6.45, 7) is 2.67. The molecule has 0 aliphatic carbocycles. The van der Waals surface area contributed by atoms with Gasteiger partial charge in [-0.1, -0.05) is 5.16 Å². The molecule has 1 amide bonds. The van der Waals surface area contributed by atoms with Crippen molar-refractivity contribution in [3.05, 3.63) is 54.7 Å². The lowest BCUT2D eigenvalue weighted by molar-refractivity contribution is 0.0696. The molecule has 0 N–H and O–H groups in total. The maximum atomic E-state index is 12.7. The molecular weight excluding hydrogens is 346 g/mol. The molecule has 0 radical (unpaired) electrons. The Bertz CT molecular complexity index is 903. The third kappa shape index (κ3) is 3.59. The zero-order valence-electron chi connectivity index (χ0n) is 14.9. The van der Waals surface area contributed by atoms with E-state index in [1.165, 1.54) is 0 Å². The molecule has 27 heavy (non-hydrogen) atoms. The van der Waals surface area contributed by atoms with E-state index in [0.29, 0.717) is 18.9 Å². The maximum Gasteiger partial charge on any atom is 0.316 e. The number of anilines is 1. The third-order valence-electron chi connectivity index (χ3n) is 4.55. The molecule has 0 spiro atoms. The third-order valence-corrected chi connectivity index (χ3v) is 4.55. The maximum absolute atomic E-state index is 12.7. The van der Waals surface area contributed by atoms with Crippen LogP contribution in [0.15, 0.2) is 53.3 Å². The Morgan fingerprint density at radius 3 is 2.41 bits per heavy atom. The van der Waals surface area contributed by atoms with Crippen molar-refractivity contribution < 1.29 is 14.1 Å². The predicted octanol–water partition coefficient (Wildman–Crippen LogP) is 2.10. The van der Waals surface area contributed by atoms with Crippen LogP contribution in [0.5, 0.6) is 5.75 Å². The van der Waals surface area contributed by atoms with Gasteiger partial charge in [0, 0.05) is 49.8 Å². The van der Waals surface area contributed by atoms with Gasteiger partial charge in [-0.05, 0) is 36.4 Å². The standard InChI is InChI=1S/C19H19N5O3/c1-26-16-4-2-15(3-5-16)23-10-12-24(13-11-23)19(25)18-21-17(22-27-18)14-6-8-20-9-7-14/h2-9H,10-13H2,1H3. The molecule has 0 bridgehead atoms. The second-order valence-corrected chi connectivity index (χ2v) is 6.14. The van der Waals surface area contributed by atoms with Crippen molar-refractivity contribution in [1.82, 2.24) is 20.0 Å². The number of hydrogen-bond acceptors (Lipinski definition) is 7. The van der Waals surface area contributed by atoms with Crippen LogP contribution in [0, 0.1) is 0 Å². The average molecular weight is 365 g/mol. The highest BCUT2D eigenvalue weighted by Crippen LogP contribution is 2.21. The van der Waals surface area contributed by atoms with Crippen molar-refractivity contribution in [1.29, 1.82) is 0 Å². The van der Waals surface area contributed by atoms with E-state index in [0.717, 1.165) is 30.1 Å². The zero-order chi connectivity index (χ0) is 18.6. The normalized spacial score (nSPS) is 14.3.